The number of amides is 1. The van der Waals surface area contributed by atoms with Gasteiger partial charge in [0.25, 0.3) is 12.9 Å². The van der Waals surface area contributed by atoms with Crippen LogP contribution in [0.15, 0.2) is 6.07 Å². The average molecular weight is 437 g/mol. The van der Waals surface area contributed by atoms with E-state index in [1.807, 2.05) is 0 Å². The molecule has 8 nitrogen and oxygen atoms in total. The second kappa shape index (κ2) is 9.03. The molecule has 0 saturated carbocycles. The minimum atomic E-state index is -3.14. The summed E-state index contributed by atoms with van der Waals surface area (Å²) >= 11 is 0.717. The molecule has 29 heavy (non-hydrogen) atoms. The first kappa shape index (κ1) is 22.3. The monoisotopic (exact) mass is 437 g/mol. The molecular formula is C16H15F4N3O5S. The van der Waals surface area contributed by atoms with E-state index in [0.29, 0.717) is 22.1 Å². The number of hydrogen-bond acceptors (Lipinski definition) is 7. The topological polar surface area (TPSA) is 99.5 Å². The number of thiophene rings is 1. The number of anilines is 1. The molecule has 0 spiro atoms. The summed E-state index contributed by atoms with van der Waals surface area (Å²) in [6, 6.07) is 0.507. The van der Waals surface area contributed by atoms with Gasteiger partial charge in [-0.05, 0) is 18.6 Å². The van der Waals surface area contributed by atoms with Gasteiger partial charge in [-0.25, -0.2) is 27.2 Å². The molecular weight excluding hydrogens is 422 g/mol. The Bertz CT molecular complexity index is 941. The normalized spacial score (nSPS) is 11.1. The van der Waals surface area contributed by atoms with Crippen LogP contribution >= 0.6 is 11.3 Å². The van der Waals surface area contributed by atoms with Crippen molar-refractivity contribution in [3.05, 3.63) is 33.5 Å². The molecule has 0 bridgehead atoms. The molecule has 1 amide bonds. The number of carbonyl (C=O) groups is 3. The highest BCUT2D eigenvalue weighted by molar-refractivity contribution is 7.18. The Kier molecular flexibility index (Phi) is 6.95. The van der Waals surface area contributed by atoms with E-state index >= 15 is 0 Å². The van der Waals surface area contributed by atoms with Gasteiger partial charge in [-0.3, -0.25) is 9.48 Å². The molecule has 0 atom stereocenters. The summed E-state index contributed by atoms with van der Waals surface area (Å²) in [5, 5.41) is 5.53. The molecule has 13 heteroatoms. The Morgan fingerprint density at radius 2 is 1.76 bits per heavy atom. The van der Waals surface area contributed by atoms with Crippen molar-refractivity contribution >= 4 is 34.2 Å². The number of aromatic nitrogens is 2. The highest BCUT2D eigenvalue weighted by Crippen LogP contribution is 2.34. The smallest absolute Gasteiger partial charge is 0.348 e. The van der Waals surface area contributed by atoms with Crippen molar-refractivity contribution in [3.63, 3.8) is 0 Å². The fourth-order valence-electron chi connectivity index (χ4n) is 2.40. The second-order valence-corrected chi connectivity index (χ2v) is 6.57. The Balaban J connectivity index is 2.34. The van der Waals surface area contributed by atoms with E-state index in [2.05, 4.69) is 19.9 Å². The highest BCUT2D eigenvalue weighted by Gasteiger charge is 2.28. The molecule has 2 aromatic heterocycles. The van der Waals surface area contributed by atoms with Crippen LogP contribution in [0.5, 0.6) is 0 Å². The Labute approximate surface area is 165 Å². The summed E-state index contributed by atoms with van der Waals surface area (Å²) in [5.41, 5.74) is -1.69. The van der Waals surface area contributed by atoms with Gasteiger partial charge in [-0.15, -0.1) is 11.3 Å². The van der Waals surface area contributed by atoms with Gasteiger partial charge in [-0.2, -0.15) is 5.10 Å². The summed E-state index contributed by atoms with van der Waals surface area (Å²) in [7, 11) is 2.22. The summed E-state index contributed by atoms with van der Waals surface area (Å²) in [5.74, 6) is -2.54. The fraction of sp³-hybridized carbons (Fsp3) is 0.375. The molecule has 158 valence electrons. The Hall–Kier alpha value is -2.96. The number of halogens is 4. The zero-order valence-corrected chi connectivity index (χ0v) is 16.1. The van der Waals surface area contributed by atoms with E-state index in [-0.39, 0.29) is 21.0 Å². The first-order chi connectivity index (χ1) is 13.6. The number of rotatable bonds is 7. The van der Waals surface area contributed by atoms with Crippen molar-refractivity contribution in [2.75, 3.05) is 19.5 Å². The number of methoxy groups -OCH3 is 2. The van der Waals surface area contributed by atoms with E-state index in [4.69, 9.17) is 0 Å². The predicted octanol–water partition coefficient (Wildman–Crippen LogP) is 3.34. The maximum absolute atomic E-state index is 13.0. The number of hydrogen-bond donors (Lipinski definition) is 1. The molecule has 0 radical (unpaired) electrons. The lowest BCUT2D eigenvalue weighted by molar-refractivity contribution is -0.117. The highest BCUT2D eigenvalue weighted by atomic mass is 32.1. The second-order valence-electron chi connectivity index (χ2n) is 5.54. The van der Waals surface area contributed by atoms with Crippen LogP contribution in [0, 0.1) is 6.92 Å². The molecule has 0 aliphatic heterocycles. The van der Waals surface area contributed by atoms with Crippen LogP contribution in [0.2, 0.25) is 0 Å². The molecule has 2 heterocycles. The summed E-state index contributed by atoms with van der Waals surface area (Å²) in [4.78, 5) is 36.2. The van der Waals surface area contributed by atoms with Gasteiger partial charge in [0.15, 0.2) is 0 Å². The molecule has 1 N–H and O–H groups in total. The molecule has 0 aliphatic carbocycles. The van der Waals surface area contributed by atoms with Gasteiger partial charge in [0.05, 0.1) is 19.8 Å². The average Bonchev–Trinajstić information content (AvgIpc) is 3.22. The van der Waals surface area contributed by atoms with Crippen molar-refractivity contribution < 1.29 is 41.4 Å². The molecule has 2 rings (SSSR count). The van der Waals surface area contributed by atoms with E-state index < -0.39 is 48.6 Å². The molecule has 0 unspecified atom stereocenters. The Morgan fingerprint density at radius 1 is 1.14 bits per heavy atom. The largest absolute Gasteiger partial charge is 0.465 e. The van der Waals surface area contributed by atoms with Crippen molar-refractivity contribution in [1.29, 1.82) is 0 Å². The first-order valence-electron chi connectivity index (χ1n) is 7.84. The molecule has 2 aromatic rings. The minimum absolute atomic E-state index is 0.0237. The predicted molar refractivity (Wildman–Crippen MR) is 92.5 cm³/mol. The lowest BCUT2D eigenvalue weighted by atomic mass is 10.1. The van der Waals surface area contributed by atoms with Crippen LogP contribution < -0.4 is 5.32 Å². The van der Waals surface area contributed by atoms with Crippen molar-refractivity contribution in [2.24, 2.45) is 0 Å². The van der Waals surface area contributed by atoms with Crippen molar-refractivity contribution in [3.8, 4) is 0 Å². The standard InChI is InChI=1S/C16H15F4N3O5S/c1-6-10(15(25)27-2)14(29-11(6)16(26)28-3)21-9(24)5-23-8(13(19)20)4-7(22-23)12(17)18/h4,12-13H,5H2,1-3H3,(H,21,24). The SMILES string of the molecule is COC(=O)c1sc(NC(=O)Cn2nc(C(F)F)cc2C(F)F)c(C(=O)OC)c1C. The number of ether oxygens (including phenoxy) is 2. The number of carbonyl (C=O) groups excluding carboxylic acids is 3. The van der Waals surface area contributed by atoms with E-state index in [1.165, 1.54) is 6.92 Å². The van der Waals surface area contributed by atoms with E-state index in [0.717, 1.165) is 14.2 Å². The summed E-state index contributed by atoms with van der Waals surface area (Å²) in [6.07, 6.45) is -6.23. The maximum atomic E-state index is 13.0. The third-order valence-corrected chi connectivity index (χ3v) is 4.92. The number of alkyl halides is 4. The van der Waals surface area contributed by atoms with Gasteiger partial charge in [-0.1, -0.05) is 0 Å². The molecule has 0 aromatic carbocycles. The van der Waals surface area contributed by atoms with E-state index in [1.54, 1.807) is 0 Å². The lowest BCUT2D eigenvalue weighted by Gasteiger charge is -2.08. The third kappa shape index (κ3) is 4.72. The molecule has 0 saturated heterocycles. The summed E-state index contributed by atoms with van der Waals surface area (Å²) < 4.78 is 61.2. The lowest BCUT2D eigenvalue weighted by Crippen LogP contribution is -2.22. The number of esters is 2. The molecule has 0 fully saturated rings. The van der Waals surface area contributed by atoms with Crippen LogP contribution in [0.4, 0.5) is 22.6 Å². The third-order valence-electron chi connectivity index (χ3n) is 3.73. The first-order valence-corrected chi connectivity index (χ1v) is 8.66. The van der Waals surface area contributed by atoms with Gasteiger partial charge in [0, 0.05) is 0 Å². The summed E-state index contributed by atoms with van der Waals surface area (Å²) in [6.45, 7) is 0.611. The van der Waals surface area contributed by atoms with E-state index in [9.17, 15) is 31.9 Å². The van der Waals surface area contributed by atoms with Gasteiger partial charge in [0.1, 0.15) is 27.8 Å². The van der Waals surface area contributed by atoms with Gasteiger partial charge in [0.2, 0.25) is 5.91 Å². The quantitative estimate of drug-likeness (QED) is 0.527. The van der Waals surface area contributed by atoms with Crippen molar-refractivity contribution in [1.82, 2.24) is 9.78 Å². The van der Waals surface area contributed by atoms with Crippen LogP contribution in [-0.4, -0.2) is 41.8 Å². The zero-order chi connectivity index (χ0) is 21.9. The Morgan fingerprint density at radius 3 is 2.28 bits per heavy atom. The maximum Gasteiger partial charge on any atom is 0.348 e. The fourth-order valence-corrected chi connectivity index (χ4v) is 3.53. The van der Waals surface area contributed by atoms with Crippen LogP contribution in [0.25, 0.3) is 0 Å². The van der Waals surface area contributed by atoms with Crippen LogP contribution in [0.1, 0.15) is 49.8 Å². The van der Waals surface area contributed by atoms with Gasteiger partial charge < -0.3 is 14.8 Å². The number of nitrogens with one attached hydrogen (secondary N) is 1. The van der Waals surface area contributed by atoms with Crippen LogP contribution in [0.3, 0.4) is 0 Å². The van der Waals surface area contributed by atoms with Crippen molar-refractivity contribution in [2.45, 2.75) is 26.3 Å². The van der Waals surface area contributed by atoms with Gasteiger partial charge >= 0.3 is 11.9 Å². The number of nitrogens with zero attached hydrogens (tertiary/aromatic N) is 2. The molecule has 0 aliphatic rings. The van der Waals surface area contributed by atoms with Crippen LogP contribution in [-0.2, 0) is 20.8 Å². The minimum Gasteiger partial charge on any atom is -0.465 e. The zero-order valence-electron chi connectivity index (χ0n) is 15.3.